The molecule has 1 fully saturated rings. The molecule has 1 saturated heterocycles. The maximum Gasteiger partial charge on any atom is 0.299 e. The Labute approximate surface area is 161 Å². The SMILES string of the molecule is OC(CC1CCCCCN1c1ccc2nnc(C(F)F)n2n1)c1ccccc1. The van der Waals surface area contributed by atoms with Gasteiger partial charge >= 0.3 is 0 Å². The molecule has 1 aliphatic rings. The van der Waals surface area contributed by atoms with E-state index >= 15 is 0 Å². The van der Waals surface area contributed by atoms with Gasteiger partial charge in [-0.2, -0.15) is 4.52 Å². The Morgan fingerprint density at radius 3 is 2.64 bits per heavy atom. The molecule has 2 atom stereocenters. The molecule has 28 heavy (non-hydrogen) atoms. The highest BCUT2D eigenvalue weighted by Gasteiger charge is 2.26. The van der Waals surface area contributed by atoms with Crippen LogP contribution in [0.5, 0.6) is 0 Å². The zero-order chi connectivity index (χ0) is 19.5. The molecular formula is C20H23F2N5O. The van der Waals surface area contributed by atoms with Gasteiger partial charge in [0.1, 0.15) is 5.82 Å². The van der Waals surface area contributed by atoms with Gasteiger partial charge in [0, 0.05) is 12.6 Å². The van der Waals surface area contributed by atoms with E-state index in [1.54, 1.807) is 12.1 Å². The van der Waals surface area contributed by atoms with Crippen LogP contribution >= 0.6 is 0 Å². The molecule has 3 heterocycles. The lowest BCUT2D eigenvalue weighted by molar-refractivity contribution is 0.137. The second-order valence-electron chi connectivity index (χ2n) is 7.18. The Morgan fingerprint density at radius 1 is 1.04 bits per heavy atom. The van der Waals surface area contributed by atoms with Crippen molar-refractivity contribution in [2.75, 3.05) is 11.4 Å². The van der Waals surface area contributed by atoms with Gasteiger partial charge in [-0.3, -0.25) is 0 Å². The van der Waals surface area contributed by atoms with Gasteiger partial charge in [-0.25, -0.2) is 8.78 Å². The molecule has 1 aromatic carbocycles. The third kappa shape index (κ3) is 3.82. The number of rotatable bonds is 5. The minimum atomic E-state index is -2.74. The van der Waals surface area contributed by atoms with Gasteiger partial charge in [-0.1, -0.05) is 43.2 Å². The fraction of sp³-hybridized carbons (Fsp3) is 0.450. The Bertz CT molecular complexity index is 917. The third-order valence-electron chi connectivity index (χ3n) is 5.32. The number of aliphatic hydroxyl groups is 1. The predicted molar refractivity (Wildman–Crippen MR) is 101 cm³/mol. The van der Waals surface area contributed by atoms with E-state index in [2.05, 4.69) is 20.2 Å². The number of halogens is 2. The topological polar surface area (TPSA) is 66.5 Å². The number of anilines is 1. The lowest BCUT2D eigenvalue weighted by atomic mass is 9.98. The zero-order valence-corrected chi connectivity index (χ0v) is 15.5. The standard InChI is InChI=1S/C20H23F2N5O/c21-19(22)20-24-23-17-10-11-18(25-27(17)20)26-12-6-2-5-9-15(26)13-16(28)14-7-3-1-4-8-14/h1,3-4,7-8,10-11,15-16,19,28H,2,5-6,9,12-13H2. The number of nitrogens with zero attached hydrogens (tertiary/aromatic N) is 5. The number of hydrogen-bond acceptors (Lipinski definition) is 5. The van der Waals surface area contributed by atoms with E-state index in [0.717, 1.165) is 42.3 Å². The third-order valence-corrected chi connectivity index (χ3v) is 5.32. The van der Waals surface area contributed by atoms with Crippen LogP contribution in [0.25, 0.3) is 5.65 Å². The minimum absolute atomic E-state index is 0.0779. The van der Waals surface area contributed by atoms with Gasteiger partial charge in [0.2, 0.25) is 5.82 Å². The fourth-order valence-corrected chi connectivity index (χ4v) is 3.88. The van der Waals surface area contributed by atoms with Crippen molar-refractivity contribution in [1.29, 1.82) is 0 Å². The molecule has 0 aliphatic carbocycles. The van der Waals surface area contributed by atoms with Crippen molar-refractivity contribution >= 4 is 11.5 Å². The number of aliphatic hydroxyl groups excluding tert-OH is 1. The molecule has 8 heteroatoms. The highest BCUT2D eigenvalue weighted by molar-refractivity contribution is 5.46. The maximum atomic E-state index is 13.2. The lowest BCUT2D eigenvalue weighted by Crippen LogP contribution is -2.37. The van der Waals surface area contributed by atoms with Gasteiger partial charge in [-0.05, 0) is 37.0 Å². The van der Waals surface area contributed by atoms with Crippen LogP contribution in [0.4, 0.5) is 14.6 Å². The summed E-state index contributed by atoms with van der Waals surface area (Å²) >= 11 is 0. The summed E-state index contributed by atoms with van der Waals surface area (Å²) in [4.78, 5) is 2.13. The van der Waals surface area contributed by atoms with Crippen LogP contribution in [-0.2, 0) is 0 Å². The second-order valence-corrected chi connectivity index (χ2v) is 7.18. The molecule has 0 saturated carbocycles. The molecule has 2 aromatic heterocycles. The summed E-state index contributed by atoms with van der Waals surface area (Å²) in [7, 11) is 0. The van der Waals surface area contributed by atoms with E-state index in [0.29, 0.717) is 17.9 Å². The average molecular weight is 387 g/mol. The van der Waals surface area contributed by atoms with Gasteiger partial charge in [-0.15, -0.1) is 15.3 Å². The lowest BCUT2D eigenvalue weighted by Gasteiger charge is -2.32. The summed E-state index contributed by atoms with van der Waals surface area (Å²) in [6.45, 7) is 0.775. The van der Waals surface area contributed by atoms with E-state index in [1.165, 1.54) is 0 Å². The number of aromatic nitrogens is 4. The number of fused-ring (bicyclic) bond motifs is 1. The molecule has 0 amide bonds. The van der Waals surface area contributed by atoms with Crippen LogP contribution in [0.3, 0.4) is 0 Å². The average Bonchev–Trinajstić information content (AvgIpc) is 3.01. The maximum absolute atomic E-state index is 13.2. The van der Waals surface area contributed by atoms with Gasteiger partial charge in [0.05, 0.1) is 6.10 Å². The van der Waals surface area contributed by atoms with E-state index in [-0.39, 0.29) is 6.04 Å². The van der Waals surface area contributed by atoms with Crippen LogP contribution in [0.15, 0.2) is 42.5 Å². The summed E-state index contributed by atoms with van der Waals surface area (Å²) in [6.07, 6.45) is 1.34. The van der Waals surface area contributed by atoms with Crippen molar-refractivity contribution in [2.24, 2.45) is 0 Å². The van der Waals surface area contributed by atoms with Crippen molar-refractivity contribution in [3.63, 3.8) is 0 Å². The molecule has 1 aliphatic heterocycles. The summed E-state index contributed by atoms with van der Waals surface area (Å²) < 4.78 is 27.5. The second kappa shape index (κ2) is 8.18. The van der Waals surface area contributed by atoms with Crippen molar-refractivity contribution in [3.05, 3.63) is 53.9 Å². The molecule has 0 bridgehead atoms. The molecule has 2 unspecified atom stereocenters. The highest BCUT2D eigenvalue weighted by atomic mass is 19.3. The predicted octanol–water partition coefficient (Wildman–Crippen LogP) is 3.93. The molecule has 0 radical (unpaired) electrons. The van der Waals surface area contributed by atoms with E-state index < -0.39 is 18.4 Å². The van der Waals surface area contributed by atoms with Crippen molar-refractivity contribution in [1.82, 2.24) is 19.8 Å². The zero-order valence-electron chi connectivity index (χ0n) is 15.5. The number of alkyl halides is 2. The first-order chi connectivity index (χ1) is 13.6. The fourth-order valence-electron chi connectivity index (χ4n) is 3.88. The smallest absolute Gasteiger partial charge is 0.299 e. The van der Waals surface area contributed by atoms with Gasteiger partial charge in [0.15, 0.2) is 5.65 Å². The van der Waals surface area contributed by atoms with Crippen LogP contribution in [-0.4, -0.2) is 37.5 Å². The van der Waals surface area contributed by atoms with Crippen LogP contribution in [0.1, 0.15) is 56.0 Å². The highest BCUT2D eigenvalue weighted by Crippen LogP contribution is 2.30. The molecule has 3 aromatic rings. The van der Waals surface area contributed by atoms with Crippen LogP contribution < -0.4 is 4.90 Å². The number of benzene rings is 1. The van der Waals surface area contributed by atoms with Crippen LogP contribution in [0.2, 0.25) is 0 Å². The molecule has 4 rings (SSSR count). The van der Waals surface area contributed by atoms with E-state index in [4.69, 9.17) is 0 Å². The molecule has 1 N–H and O–H groups in total. The van der Waals surface area contributed by atoms with Crippen molar-refractivity contribution in [3.8, 4) is 0 Å². The Kier molecular flexibility index (Phi) is 5.47. The van der Waals surface area contributed by atoms with Crippen molar-refractivity contribution < 1.29 is 13.9 Å². The Morgan fingerprint density at radius 2 is 1.86 bits per heavy atom. The van der Waals surface area contributed by atoms with Crippen LogP contribution in [0, 0.1) is 0 Å². The molecule has 0 spiro atoms. The van der Waals surface area contributed by atoms with Crippen molar-refractivity contribution in [2.45, 2.75) is 50.7 Å². The monoisotopic (exact) mass is 387 g/mol. The first kappa shape index (κ1) is 18.7. The summed E-state index contributed by atoms with van der Waals surface area (Å²) in [5.41, 5.74) is 1.18. The summed E-state index contributed by atoms with van der Waals surface area (Å²) in [6, 6.07) is 13.1. The molecule has 6 nitrogen and oxygen atoms in total. The van der Waals surface area contributed by atoms with Gasteiger partial charge in [0.25, 0.3) is 6.43 Å². The minimum Gasteiger partial charge on any atom is -0.388 e. The van der Waals surface area contributed by atoms with Gasteiger partial charge < -0.3 is 10.0 Å². The first-order valence-electron chi connectivity index (χ1n) is 9.63. The normalized spacial score (nSPS) is 19.1. The molecule has 148 valence electrons. The Hall–Kier alpha value is -2.61. The van der Waals surface area contributed by atoms with E-state index in [9.17, 15) is 13.9 Å². The molecular weight excluding hydrogens is 364 g/mol. The summed E-state index contributed by atoms with van der Waals surface area (Å²) in [5, 5.41) is 22.4. The van der Waals surface area contributed by atoms with E-state index in [1.807, 2.05) is 30.3 Å². The largest absolute Gasteiger partial charge is 0.388 e. The number of hydrogen-bond donors (Lipinski definition) is 1. The Balaban J connectivity index is 1.63. The summed E-state index contributed by atoms with van der Waals surface area (Å²) in [5.74, 6) is 0.161. The first-order valence-corrected chi connectivity index (χ1v) is 9.63. The quantitative estimate of drug-likeness (QED) is 0.718.